The Kier molecular flexibility index (Phi) is 6.87. The van der Waals surface area contributed by atoms with Crippen molar-refractivity contribution in [3.05, 3.63) is 38.8 Å². The lowest BCUT2D eigenvalue weighted by Crippen LogP contribution is -2.68. The van der Waals surface area contributed by atoms with Gasteiger partial charge >= 0.3 is 0 Å². The van der Waals surface area contributed by atoms with Gasteiger partial charge in [0.2, 0.25) is 5.91 Å². The van der Waals surface area contributed by atoms with Gasteiger partial charge in [0.1, 0.15) is 0 Å². The molecule has 0 radical (unpaired) electrons. The molecule has 3 rings (SSSR count). The molecular formula is C22H28IN3O2SSi. The first-order valence-corrected chi connectivity index (χ1v) is 15.0. The molecule has 1 amide bonds. The van der Waals surface area contributed by atoms with Crippen LogP contribution in [0.25, 0.3) is 0 Å². The number of nitrogens with zero attached hydrogens (tertiary/aromatic N) is 3. The Morgan fingerprint density at radius 1 is 1.37 bits per heavy atom. The minimum Gasteiger partial charge on any atom is -0.413 e. The van der Waals surface area contributed by atoms with E-state index in [9.17, 15) is 4.79 Å². The Labute approximate surface area is 198 Å². The molecule has 3 atom stereocenters. The Bertz CT molecular complexity index is 931. The number of hydrogen-bond acceptors (Lipinski definition) is 5. The zero-order valence-corrected chi connectivity index (χ0v) is 22.2. The molecule has 2 heterocycles. The molecule has 160 valence electrons. The molecule has 0 unspecified atom stereocenters. The van der Waals surface area contributed by atoms with E-state index < -0.39 is 8.32 Å². The largest absolute Gasteiger partial charge is 0.413 e. The number of halogens is 1. The quantitative estimate of drug-likeness (QED) is 0.253. The predicted octanol–water partition coefficient (Wildman–Crippen LogP) is 6.20. The van der Waals surface area contributed by atoms with E-state index in [1.165, 1.54) is 4.91 Å². The summed E-state index contributed by atoms with van der Waals surface area (Å²) in [5.41, 5.74) is 1.34. The van der Waals surface area contributed by atoms with E-state index in [2.05, 4.69) is 66.6 Å². The smallest absolute Gasteiger partial charge is 0.236 e. The molecule has 5 nitrogen and oxygen atoms in total. The molecular weight excluding hydrogens is 525 g/mol. The molecule has 0 aliphatic carbocycles. The first-order valence-electron chi connectivity index (χ1n) is 10.1. The monoisotopic (exact) mass is 553 g/mol. The number of amidine groups is 1. The van der Waals surface area contributed by atoms with Crippen LogP contribution in [-0.2, 0) is 9.22 Å². The normalized spacial score (nSPS) is 25.7. The van der Waals surface area contributed by atoms with Gasteiger partial charge in [0.15, 0.2) is 13.5 Å². The number of thioether (sulfide) groups is 1. The summed E-state index contributed by atoms with van der Waals surface area (Å²) in [6.07, 6.45) is 0.719. The van der Waals surface area contributed by atoms with E-state index in [0.29, 0.717) is 10.7 Å². The zero-order valence-electron chi connectivity index (χ0n) is 18.3. The second-order valence-corrected chi connectivity index (χ2v) is 15.8. The molecule has 30 heavy (non-hydrogen) atoms. The van der Waals surface area contributed by atoms with Crippen LogP contribution in [-0.4, -0.2) is 36.4 Å². The van der Waals surface area contributed by atoms with E-state index in [4.69, 9.17) is 14.7 Å². The van der Waals surface area contributed by atoms with Gasteiger partial charge in [-0.25, -0.2) is 4.99 Å². The number of aliphatic imine (C=N–C) groups is 1. The topological polar surface area (TPSA) is 65.7 Å². The highest BCUT2D eigenvalue weighted by atomic mass is 127. The van der Waals surface area contributed by atoms with E-state index in [1.807, 2.05) is 24.0 Å². The van der Waals surface area contributed by atoms with Crippen LogP contribution in [0.1, 0.15) is 39.7 Å². The number of β-lactam (4-membered cyclic amide) rings is 1. The highest BCUT2D eigenvalue weighted by molar-refractivity contribution is 14.1. The summed E-state index contributed by atoms with van der Waals surface area (Å²) >= 11 is 3.80. The third-order valence-electron chi connectivity index (χ3n) is 6.24. The second kappa shape index (κ2) is 8.77. The van der Waals surface area contributed by atoms with Crippen molar-refractivity contribution < 1.29 is 9.22 Å². The fourth-order valence-electron chi connectivity index (χ4n) is 3.53. The Morgan fingerprint density at radius 2 is 2.00 bits per heavy atom. The van der Waals surface area contributed by atoms with Crippen molar-refractivity contribution >= 4 is 59.4 Å². The number of amides is 1. The van der Waals surface area contributed by atoms with Gasteiger partial charge in [-0.2, -0.15) is 5.26 Å². The third kappa shape index (κ3) is 4.54. The Hall–Kier alpha value is -1.15. The maximum absolute atomic E-state index is 13.2. The van der Waals surface area contributed by atoms with Crippen LogP contribution < -0.4 is 0 Å². The van der Waals surface area contributed by atoms with Crippen LogP contribution in [0.3, 0.4) is 0 Å². The van der Waals surface area contributed by atoms with Crippen LogP contribution in [0, 0.1) is 17.2 Å². The van der Waals surface area contributed by atoms with Gasteiger partial charge in [-0.15, -0.1) is 0 Å². The summed E-state index contributed by atoms with van der Waals surface area (Å²) < 4.78 is 8.64. The SMILES string of the molecule is C[C@@H](O[Si](C)(C)C(C)(C)C)[C@H]1C(=O)N2C(=Nc3ccc(C#N)cc3)S/C(=C/I)C[C@H]12. The van der Waals surface area contributed by atoms with Gasteiger partial charge in [-0.05, 0) is 53.4 Å². The minimum absolute atomic E-state index is 0.0802. The standard InChI is InChI=1S/C22H28IN3O2SSi/c1-14(28-30(5,6)22(2,3)4)19-18-11-17(12-23)29-21(26(18)20(19)27)25-16-9-7-15(13-24)8-10-16/h7-10,12,14,18-19H,11H2,1-6H3/b17-12+,25-21?/t14-,18-,19-/m1/s1. The number of nitriles is 1. The zero-order chi connectivity index (χ0) is 22.3. The number of hydrogen-bond donors (Lipinski definition) is 0. The lowest BCUT2D eigenvalue weighted by atomic mass is 9.81. The number of rotatable bonds is 4. The summed E-state index contributed by atoms with van der Waals surface area (Å²) in [7, 11) is -1.96. The van der Waals surface area contributed by atoms with Crippen molar-refractivity contribution in [3.8, 4) is 6.07 Å². The van der Waals surface area contributed by atoms with Gasteiger partial charge in [-0.3, -0.25) is 9.69 Å². The summed E-state index contributed by atoms with van der Waals surface area (Å²) in [6, 6.07) is 9.31. The van der Waals surface area contributed by atoms with E-state index in [0.717, 1.165) is 12.1 Å². The third-order valence-corrected chi connectivity index (χ3v) is 13.0. The van der Waals surface area contributed by atoms with Crippen molar-refractivity contribution in [2.24, 2.45) is 10.9 Å². The van der Waals surface area contributed by atoms with Crippen LogP contribution >= 0.6 is 34.4 Å². The molecule has 0 N–H and O–H groups in total. The van der Waals surface area contributed by atoms with E-state index in [-0.39, 0.29) is 29.0 Å². The molecule has 1 aromatic carbocycles. The maximum Gasteiger partial charge on any atom is 0.236 e. The molecule has 2 saturated heterocycles. The summed E-state index contributed by atoms with van der Waals surface area (Å²) in [6.45, 7) is 13.2. The summed E-state index contributed by atoms with van der Waals surface area (Å²) in [5.74, 6) is -0.0452. The molecule has 2 aliphatic rings. The molecule has 2 aliphatic heterocycles. The first-order chi connectivity index (χ1) is 14.0. The minimum atomic E-state index is -1.96. The average molecular weight is 554 g/mol. The van der Waals surface area contributed by atoms with E-state index in [1.54, 1.807) is 23.9 Å². The molecule has 0 aromatic heterocycles. The molecule has 1 aromatic rings. The molecule has 0 bridgehead atoms. The average Bonchev–Trinajstić information content (AvgIpc) is 2.66. The van der Waals surface area contributed by atoms with Crippen LogP contribution in [0.5, 0.6) is 0 Å². The van der Waals surface area contributed by atoms with Gasteiger partial charge in [0.05, 0.1) is 35.4 Å². The lowest BCUT2D eigenvalue weighted by Gasteiger charge is -2.53. The highest BCUT2D eigenvalue weighted by Crippen LogP contribution is 2.47. The fraction of sp³-hybridized carbons (Fsp3) is 0.500. The molecule has 2 fully saturated rings. The van der Waals surface area contributed by atoms with E-state index >= 15 is 0 Å². The second-order valence-electron chi connectivity index (χ2n) is 9.32. The van der Waals surface area contributed by atoms with Gasteiger partial charge in [-0.1, -0.05) is 55.1 Å². The Balaban J connectivity index is 1.84. The fourth-order valence-corrected chi connectivity index (χ4v) is 6.60. The van der Waals surface area contributed by atoms with Crippen molar-refractivity contribution in [2.75, 3.05) is 0 Å². The maximum atomic E-state index is 13.2. The van der Waals surface area contributed by atoms with Gasteiger partial charge < -0.3 is 4.43 Å². The number of benzene rings is 1. The summed E-state index contributed by atoms with van der Waals surface area (Å²) in [5, 5.41) is 9.80. The number of carbonyl (C=O) groups excluding carboxylic acids is 1. The van der Waals surface area contributed by atoms with Crippen molar-refractivity contribution in [1.82, 2.24) is 4.90 Å². The van der Waals surface area contributed by atoms with Crippen molar-refractivity contribution in [3.63, 3.8) is 0 Å². The number of fused-ring (bicyclic) bond motifs is 1. The van der Waals surface area contributed by atoms with Gasteiger partial charge in [0, 0.05) is 11.3 Å². The van der Waals surface area contributed by atoms with Crippen LogP contribution in [0.2, 0.25) is 18.1 Å². The summed E-state index contributed by atoms with van der Waals surface area (Å²) in [4.78, 5) is 20.9. The lowest BCUT2D eigenvalue weighted by molar-refractivity contribution is -0.154. The Morgan fingerprint density at radius 3 is 2.53 bits per heavy atom. The highest BCUT2D eigenvalue weighted by Gasteiger charge is 2.56. The van der Waals surface area contributed by atoms with Crippen LogP contribution in [0.4, 0.5) is 5.69 Å². The number of carbonyl (C=O) groups is 1. The molecule has 8 heteroatoms. The predicted molar refractivity (Wildman–Crippen MR) is 134 cm³/mol. The van der Waals surface area contributed by atoms with Crippen LogP contribution in [0.15, 0.2) is 38.2 Å². The molecule has 0 saturated carbocycles. The molecule has 0 spiro atoms. The van der Waals surface area contributed by atoms with Gasteiger partial charge in [0.25, 0.3) is 0 Å². The first kappa shape index (κ1) is 23.5. The van der Waals surface area contributed by atoms with Crippen molar-refractivity contribution in [1.29, 1.82) is 5.26 Å². The van der Waals surface area contributed by atoms with Crippen molar-refractivity contribution in [2.45, 2.75) is 64.4 Å².